The van der Waals surface area contributed by atoms with Crippen LogP contribution in [0.25, 0.3) is 0 Å². The molecule has 0 bridgehead atoms. The maximum Gasteiger partial charge on any atom is 0.191 e. The minimum Gasteiger partial charge on any atom is -0.383 e. The highest BCUT2D eigenvalue weighted by atomic mass is 16.5. The van der Waals surface area contributed by atoms with E-state index in [1.54, 1.807) is 7.11 Å². The number of ether oxygens (including phenoxy) is 1. The molecule has 1 aliphatic heterocycles. The molecule has 6 nitrogen and oxygen atoms in total. The molecule has 2 rings (SSSR count). The number of anilines is 1. The highest BCUT2D eigenvalue weighted by Crippen LogP contribution is 2.18. The van der Waals surface area contributed by atoms with Crippen molar-refractivity contribution in [3.63, 3.8) is 0 Å². The lowest BCUT2D eigenvalue weighted by molar-refractivity contribution is 0.147. The largest absolute Gasteiger partial charge is 0.383 e. The van der Waals surface area contributed by atoms with Crippen molar-refractivity contribution in [3.05, 3.63) is 29.8 Å². The van der Waals surface area contributed by atoms with E-state index in [2.05, 4.69) is 57.0 Å². The van der Waals surface area contributed by atoms with E-state index in [1.807, 2.05) is 7.05 Å². The molecule has 1 unspecified atom stereocenters. The Kier molecular flexibility index (Phi) is 10.0. The Morgan fingerprint density at radius 3 is 2.70 bits per heavy atom. The van der Waals surface area contributed by atoms with Crippen molar-refractivity contribution in [1.29, 1.82) is 0 Å². The predicted molar refractivity (Wildman–Crippen MR) is 115 cm³/mol. The summed E-state index contributed by atoms with van der Waals surface area (Å²) in [5.41, 5.74) is 2.35. The van der Waals surface area contributed by atoms with Crippen molar-refractivity contribution in [2.24, 2.45) is 4.99 Å². The van der Waals surface area contributed by atoms with E-state index in [4.69, 9.17) is 4.74 Å². The number of nitrogens with one attached hydrogen (secondary N) is 3. The molecule has 1 saturated heterocycles. The van der Waals surface area contributed by atoms with Crippen molar-refractivity contribution < 1.29 is 4.74 Å². The van der Waals surface area contributed by atoms with E-state index in [-0.39, 0.29) is 0 Å². The van der Waals surface area contributed by atoms with E-state index in [1.165, 1.54) is 37.8 Å². The number of likely N-dealkylation sites (tertiary alicyclic amines) is 1. The van der Waals surface area contributed by atoms with Crippen molar-refractivity contribution in [2.75, 3.05) is 52.3 Å². The zero-order valence-electron chi connectivity index (χ0n) is 17.3. The van der Waals surface area contributed by atoms with E-state index in [9.17, 15) is 0 Å². The predicted octanol–water partition coefficient (Wildman–Crippen LogP) is 2.67. The van der Waals surface area contributed by atoms with Crippen LogP contribution in [0.2, 0.25) is 0 Å². The molecule has 0 aromatic heterocycles. The maximum absolute atomic E-state index is 5.05. The lowest BCUT2D eigenvalue weighted by Crippen LogP contribution is -2.45. The number of nitrogens with zero attached hydrogens (tertiary/aromatic N) is 2. The van der Waals surface area contributed by atoms with Gasteiger partial charge in [-0.1, -0.05) is 25.5 Å². The van der Waals surface area contributed by atoms with Crippen LogP contribution in [-0.4, -0.2) is 63.8 Å². The van der Waals surface area contributed by atoms with E-state index >= 15 is 0 Å². The zero-order valence-corrected chi connectivity index (χ0v) is 17.3. The van der Waals surface area contributed by atoms with Gasteiger partial charge in [-0.05, 0) is 43.5 Å². The first-order chi connectivity index (χ1) is 13.3. The first kappa shape index (κ1) is 21.5. The molecule has 152 valence electrons. The summed E-state index contributed by atoms with van der Waals surface area (Å²) in [6.07, 6.45) is 5.31. The fourth-order valence-electron chi connectivity index (χ4n) is 3.58. The fourth-order valence-corrected chi connectivity index (χ4v) is 3.58. The summed E-state index contributed by atoms with van der Waals surface area (Å²) in [6.45, 7) is 7.84. The summed E-state index contributed by atoms with van der Waals surface area (Å²) in [5, 5.41) is 10.2. The molecule has 3 N–H and O–H groups in total. The first-order valence-corrected chi connectivity index (χ1v) is 10.3. The van der Waals surface area contributed by atoms with Crippen LogP contribution in [0.15, 0.2) is 29.3 Å². The summed E-state index contributed by atoms with van der Waals surface area (Å²) in [4.78, 5) is 6.97. The van der Waals surface area contributed by atoms with Gasteiger partial charge in [0.2, 0.25) is 0 Å². The SMILES string of the molecule is CCC1CCCCN1CCNC(=NC)NCc1ccc(NCCOC)cc1. The molecule has 0 radical (unpaired) electrons. The third-order valence-corrected chi connectivity index (χ3v) is 5.18. The van der Waals surface area contributed by atoms with Gasteiger partial charge in [-0.3, -0.25) is 9.89 Å². The second-order valence-electron chi connectivity index (χ2n) is 7.06. The Morgan fingerprint density at radius 1 is 1.19 bits per heavy atom. The van der Waals surface area contributed by atoms with Gasteiger partial charge < -0.3 is 20.7 Å². The molecule has 1 heterocycles. The van der Waals surface area contributed by atoms with Gasteiger partial charge in [0.05, 0.1) is 6.61 Å². The molecule has 0 amide bonds. The Bertz CT molecular complexity index is 546. The van der Waals surface area contributed by atoms with Crippen molar-refractivity contribution in [2.45, 2.75) is 45.2 Å². The molecule has 0 saturated carbocycles. The maximum atomic E-state index is 5.05. The quantitative estimate of drug-likeness (QED) is 0.333. The first-order valence-electron chi connectivity index (χ1n) is 10.3. The Balaban J connectivity index is 1.69. The number of hydrogen-bond acceptors (Lipinski definition) is 4. The Hall–Kier alpha value is -1.79. The van der Waals surface area contributed by atoms with Gasteiger partial charge in [-0.15, -0.1) is 0 Å². The smallest absolute Gasteiger partial charge is 0.191 e. The number of guanidine groups is 1. The lowest BCUT2D eigenvalue weighted by atomic mass is 10.0. The topological polar surface area (TPSA) is 60.9 Å². The number of rotatable bonds is 10. The summed E-state index contributed by atoms with van der Waals surface area (Å²) in [6, 6.07) is 9.23. The normalized spacial score (nSPS) is 18.3. The van der Waals surface area contributed by atoms with E-state index in [0.29, 0.717) is 6.61 Å². The second-order valence-corrected chi connectivity index (χ2v) is 7.06. The molecule has 0 aliphatic carbocycles. The second kappa shape index (κ2) is 12.6. The van der Waals surface area contributed by atoms with Gasteiger partial charge in [-0.25, -0.2) is 0 Å². The highest BCUT2D eigenvalue weighted by molar-refractivity contribution is 5.79. The monoisotopic (exact) mass is 375 g/mol. The molecular formula is C21H37N5O. The van der Waals surface area contributed by atoms with Crippen LogP contribution in [0, 0.1) is 0 Å². The van der Waals surface area contributed by atoms with Crippen molar-refractivity contribution in [3.8, 4) is 0 Å². The van der Waals surface area contributed by atoms with Crippen LogP contribution in [0.5, 0.6) is 0 Å². The summed E-state index contributed by atoms with van der Waals surface area (Å²) >= 11 is 0. The van der Waals surface area contributed by atoms with E-state index < -0.39 is 0 Å². The van der Waals surface area contributed by atoms with Gasteiger partial charge in [0.15, 0.2) is 5.96 Å². The zero-order chi connectivity index (χ0) is 19.3. The fraction of sp³-hybridized carbons (Fsp3) is 0.667. The van der Waals surface area contributed by atoms with Crippen molar-refractivity contribution in [1.82, 2.24) is 15.5 Å². The summed E-state index contributed by atoms with van der Waals surface area (Å²) in [5.74, 6) is 0.863. The Labute approximate surface area is 164 Å². The number of methoxy groups -OCH3 is 1. The molecule has 0 spiro atoms. The van der Waals surface area contributed by atoms with E-state index in [0.717, 1.165) is 43.9 Å². The van der Waals surface area contributed by atoms with Crippen molar-refractivity contribution >= 4 is 11.6 Å². The lowest BCUT2D eigenvalue weighted by Gasteiger charge is -2.35. The molecular weight excluding hydrogens is 338 g/mol. The van der Waals surface area contributed by atoms with Crippen LogP contribution in [-0.2, 0) is 11.3 Å². The number of hydrogen-bond donors (Lipinski definition) is 3. The molecule has 1 aliphatic rings. The minimum atomic E-state index is 0.710. The third-order valence-electron chi connectivity index (χ3n) is 5.18. The summed E-state index contributed by atoms with van der Waals surface area (Å²) < 4.78 is 5.05. The van der Waals surface area contributed by atoms with Crippen LogP contribution in [0.1, 0.15) is 38.2 Å². The molecule has 1 aromatic rings. The molecule has 6 heteroatoms. The number of benzene rings is 1. The third kappa shape index (κ3) is 7.77. The van der Waals surface area contributed by atoms with Crippen LogP contribution < -0.4 is 16.0 Å². The van der Waals surface area contributed by atoms with Gasteiger partial charge in [0, 0.05) is 52.1 Å². The van der Waals surface area contributed by atoms with Gasteiger partial charge >= 0.3 is 0 Å². The van der Waals surface area contributed by atoms with Gasteiger partial charge in [0.1, 0.15) is 0 Å². The molecule has 27 heavy (non-hydrogen) atoms. The van der Waals surface area contributed by atoms with Crippen LogP contribution >= 0.6 is 0 Å². The highest BCUT2D eigenvalue weighted by Gasteiger charge is 2.19. The minimum absolute atomic E-state index is 0.710. The van der Waals surface area contributed by atoms with Gasteiger partial charge in [-0.2, -0.15) is 0 Å². The number of piperidine rings is 1. The number of aliphatic imine (C=N–C) groups is 1. The average molecular weight is 376 g/mol. The Morgan fingerprint density at radius 2 is 2.00 bits per heavy atom. The summed E-state index contributed by atoms with van der Waals surface area (Å²) in [7, 11) is 3.54. The standard InChI is InChI=1S/C21H37N5O/c1-4-20-7-5-6-14-26(20)15-12-24-21(22-2)25-17-18-8-10-19(11-9-18)23-13-16-27-3/h8-11,20,23H,4-7,12-17H2,1-3H3,(H2,22,24,25). The van der Waals surface area contributed by atoms with Crippen LogP contribution in [0.4, 0.5) is 5.69 Å². The average Bonchev–Trinajstić information content (AvgIpc) is 2.72. The van der Waals surface area contributed by atoms with Crippen LogP contribution in [0.3, 0.4) is 0 Å². The molecule has 1 atom stereocenters. The van der Waals surface area contributed by atoms with Gasteiger partial charge in [0.25, 0.3) is 0 Å². The molecule has 1 aromatic carbocycles. The molecule has 1 fully saturated rings.